The van der Waals surface area contributed by atoms with Gasteiger partial charge in [0.1, 0.15) is 12.4 Å². The molecule has 1 aromatic rings. The molecular formula is C10H12F3NO2. The molecule has 0 amide bonds. The molecule has 0 heterocycles. The summed E-state index contributed by atoms with van der Waals surface area (Å²) in [5, 5.41) is 8.93. The molecule has 0 aliphatic carbocycles. The maximum atomic E-state index is 12.6. The van der Waals surface area contributed by atoms with Crippen molar-refractivity contribution in [3.8, 4) is 5.75 Å². The SMILES string of the molecule is CC(O)COc1ccc(N)cc1C(F)(F)F. The van der Waals surface area contributed by atoms with Crippen LogP contribution in [0.15, 0.2) is 18.2 Å². The molecule has 1 unspecified atom stereocenters. The Morgan fingerprint density at radius 3 is 2.56 bits per heavy atom. The van der Waals surface area contributed by atoms with Crippen molar-refractivity contribution in [3.63, 3.8) is 0 Å². The summed E-state index contributed by atoms with van der Waals surface area (Å²) in [5.74, 6) is -0.331. The monoisotopic (exact) mass is 235 g/mol. The number of halogens is 3. The first-order valence-corrected chi connectivity index (χ1v) is 4.58. The fourth-order valence-corrected chi connectivity index (χ4v) is 1.11. The van der Waals surface area contributed by atoms with Crippen molar-refractivity contribution in [1.82, 2.24) is 0 Å². The first-order valence-electron chi connectivity index (χ1n) is 4.58. The Kier molecular flexibility index (Phi) is 3.64. The van der Waals surface area contributed by atoms with Crippen LogP contribution in [0.25, 0.3) is 0 Å². The van der Waals surface area contributed by atoms with E-state index < -0.39 is 17.8 Å². The normalized spacial score (nSPS) is 13.6. The number of hydrogen-bond acceptors (Lipinski definition) is 3. The average Bonchev–Trinajstić information content (AvgIpc) is 2.14. The van der Waals surface area contributed by atoms with E-state index >= 15 is 0 Å². The zero-order valence-electron chi connectivity index (χ0n) is 8.58. The molecule has 0 radical (unpaired) electrons. The molecule has 0 saturated carbocycles. The highest BCUT2D eigenvalue weighted by atomic mass is 19.4. The number of alkyl halides is 3. The fraction of sp³-hybridized carbons (Fsp3) is 0.400. The van der Waals surface area contributed by atoms with Gasteiger partial charge in [-0.05, 0) is 25.1 Å². The maximum Gasteiger partial charge on any atom is 0.420 e. The van der Waals surface area contributed by atoms with Crippen LogP contribution in [0.1, 0.15) is 12.5 Å². The van der Waals surface area contributed by atoms with Gasteiger partial charge >= 0.3 is 6.18 Å². The summed E-state index contributed by atoms with van der Waals surface area (Å²) >= 11 is 0. The summed E-state index contributed by atoms with van der Waals surface area (Å²) < 4.78 is 42.5. The van der Waals surface area contributed by atoms with Crippen LogP contribution in [-0.4, -0.2) is 17.8 Å². The molecule has 0 spiro atoms. The van der Waals surface area contributed by atoms with Gasteiger partial charge in [0.25, 0.3) is 0 Å². The average molecular weight is 235 g/mol. The van der Waals surface area contributed by atoms with Crippen molar-refractivity contribution in [2.75, 3.05) is 12.3 Å². The van der Waals surface area contributed by atoms with Gasteiger partial charge in [-0.25, -0.2) is 0 Å². The number of nitrogen functional groups attached to an aromatic ring is 1. The Balaban J connectivity index is 2.99. The second kappa shape index (κ2) is 4.61. The maximum absolute atomic E-state index is 12.6. The third kappa shape index (κ3) is 3.30. The minimum Gasteiger partial charge on any atom is -0.490 e. The number of aliphatic hydroxyl groups excluding tert-OH is 1. The molecule has 6 heteroatoms. The smallest absolute Gasteiger partial charge is 0.420 e. The highest BCUT2D eigenvalue weighted by molar-refractivity contribution is 5.49. The van der Waals surface area contributed by atoms with Crippen LogP contribution in [0, 0.1) is 0 Å². The Labute approximate surface area is 90.6 Å². The van der Waals surface area contributed by atoms with Crippen molar-refractivity contribution in [1.29, 1.82) is 0 Å². The van der Waals surface area contributed by atoms with Crippen molar-refractivity contribution in [2.45, 2.75) is 19.2 Å². The zero-order chi connectivity index (χ0) is 12.3. The summed E-state index contributed by atoms with van der Waals surface area (Å²) in [7, 11) is 0. The minimum atomic E-state index is -4.52. The van der Waals surface area contributed by atoms with E-state index in [4.69, 9.17) is 15.6 Å². The van der Waals surface area contributed by atoms with Gasteiger partial charge in [-0.1, -0.05) is 0 Å². The Bertz CT molecular complexity index is 364. The molecule has 16 heavy (non-hydrogen) atoms. The van der Waals surface area contributed by atoms with Crippen molar-refractivity contribution < 1.29 is 23.0 Å². The van der Waals surface area contributed by atoms with Crippen LogP contribution < -0.4 is 10.5 Å². The van der Waals surface area contributed by atoms with E-state index in [9.17, 15) is 13.2 Å². The summed E-state index contributed by atoms with van der Waals surface area (Å²) in [6, 6.07) is 3.25. The Morgan fingerprint density at radius 1 is 1.44 bits per heavy atom. The van der Waals surface area contributed by atoms with Crippen LogP contribution in [0.3, 0.4) is 0 Å². The molecule has 90 valence electrons. The molecule has 1 rings (SSSR count). The van der Waals surface area contributed by atoms with Crippen molar-refractivity contribution in [2.24, 2.45) is 0 Å². The zero-order valence-corrected chi connectivity index (χ0v) is 8.58. The van der Waals surface area contributed by atoms with E-state index in [1.54, 1.807) is 0 Å². The lowest BCUT2D eigenvalue weighted by Crippen LogP contribution is -2.16. The van der Waals surface area contributed by atoms with Gasteiger partial charge in [0, 0.05) is 5.69 Å². The molecule has 0 aromatic heterocycles. The van der Waals surface area contributed by atoms with E-state index in [-0.39, 0.29) is 18.0 Å². The lowest BCUT2D eigenvalue weighted by atomic mass is 10.1. The number of benzene rings is 1. The second-order valence-corrected chi connectivity index (χ2v) is 3.41. The molecule has 1 atom stereocenters. The van der Waals surface area contributed by atoms with Crippen LogP contribution in [0.2, 0.25) is 0 Å². The number of rotatable bonds is 3. The van der Waals surface area contributed by atoms with Gasteiger partial charge in [-0.3, -0.25) is 0 Å². The number of aliphatic hydroxyl groups is 1. The number of anilines is 1. The Morgan fingerprint density at radius 2 is 2.06 bits per heavy atom. The fourth-order valence-electron chi connectivity index (χ4n) is 1.11. The van der Waals surface area contributed by atoms with Crippen LogP contribution >= 0.6 is 0 Å². The van der Waals surface area contributed by atoms with Gasteiger partial charge in [-0.15, -0.1) is 0 Å². The van der Waals surface area contributed by atoms with Crippen molar-refractivity contribution >= 4 is 5.69 Å². The van der Waals surface area contributed by atoms with Gasteiger partial charge in [0.05, 0.1) is 11.7 Å². The first-order chi connectivity index (χ1) is 7.30. The quantitative estimate of drug-likeness (QED) is 0.788. The van der Waals surface area contributed by atoms with Gasteiger partial charge in [0.2, 0.25) is 0 Å². The van der Waals surface area contributed by atoms with E-state index in [2.05, 4.69) is 0 Å². The highest BCUT2D eigenvalue weighted by Gasteiger charge is 2.34. The van der Waals surface area contributed by atoms with E-state index in [0.29, 0.717) is 0 Å². The predicted molar refractivity (Wildman–Crippen MR) is 53.0 cm³/mol. The van der Waals surface area contributed by atoms with Crippen LogP contribution in [-0.2, 0) is 6.18 Å². The lowest BCUT2D eigenvalue weighted by molar-refractivity contribution is -0.139. The standard InChI is InChI=1S/C10H12F3NO2/c1-6(15)5-16-9-3-2-7(14)4-8(9)10(11,12)13/h2-4,6,15H,5,14H2,1H3. The van der Waals surface area contributed by atoms with E-state index in [0.717, 1.165) is 12.1 Å². The molecule has 1 aromatic carbocycles. The molecule has 3 nitrogen and oxygen atoms in total. The summed E-state index contributed by atoms with van der Waals surface area (Å²) in [4.78, 5) is 0. The van der Waals surface area contributed by atoms with Gasteiger partial charge < -0.3 is 15.6 Å². The van der Waals surface area contributed by atoms with Gasteiger partial charge in [-0.2, -0.15) is 13.2 Å². The minimum absolute atomic E-state index is 0.0109. The largest absolute Gasteiger partial charge is 0.490 e. The van der Waals surface area contributed by atoms with Crippen molar-refractivity contribution in [3.05, 3.63) is 23.8 Å². The van der Waals surface area contributed by atoms with Crippen LogP contribution in [0.5, 0.6) is 5.75 Å². The number of hydrogen-bond donors (Lipinski definition) is 2. The third-order valence-corrected chi connectivity index (χ3v) is 1.79. The van der Waals surface area contributed by atoms with E-state index in [1.165, 1.54) is 13.0 Å². The summed E-state index contributed by atoms with van der Waals surface area (Å²) in [5.41, 5.74) is 4.35. The highest BCUT2D eigenvalue weighted by Crippen LogP contribution is 2.37. The van der Waals surface area contributed by atoms with Crippen LogP contribution in [0.4, 0.5) is 18.9 Å². The predicted octanol–water partition coefficient (Wildman–Crippen LogP) is 2.05. The molecule has 0 fully saturated rings. The number of nitrogens with two attached hydrogens (primary N) is 1. The third-order valence-electron chi connectivity index (χ3n) is 1.79. The number of ether oxygens (including phenoxy) is 1. The van der Waals surface area contributed by atoms with Gasteiger partial charge in [0.15, 0.2) is 0 Å². The summed E-state index contributed by atoms with van der Waals surface area (Å²) in [6.45, 7) is 1.22. The lowest BCUT2D eigenvalue weighted by Gasteiger charge is -2.15. The Hall–Kier alpha value is -1.43. The molecular weight excluding hydrogens is 223 g/mol. The van der Waals surface area contributed by atoms with E-state index in [1.807, 2.05) is 0 Å². The molecule has 0 aliphatic rings. The molecule has 3 N–H and O–H groups in total. The summed E-state index contributed by atoms with van der Waals surface area (Å²) in [6.07, 6.45) is -5.36. The molecule has 0 aliphatic heterocycles. The second-order valence-electron chi connectivity index (χ2n) is 3.41. The first kappa shape index (κ1) is 12.6. The topological polar surface area (TPSA) is 55.5 Å². The molecule has 0 bridgehead atoms. The molecule has 0 saturated heterocycles.